The van der Waals surface area contributed by atoms with Crippen molar-refractivity contribution in [2.45, 2.75) is 13.8 Å². The first kappa shape index (κ1) is 19.1. The second kappa shape index (κ2) is 7.91. The number of aromatic hydroxyl groups is 1. The molecule has 0 saturated carbocycles. The first-order valence-electron chi connectivity index (χ1n) is 8.84. The average molecular weight is 380 g/mol. The number of aromatic amines is 1. The smallest absolute Gasteiger partial charge is 0.337 e. The number of fused-ring (bicyclic) bond motifs is 1. The summed E-state index contributed by atoms with van der Waals surface area (Å²) >= 11 is 0. The fourth-order valence-electron chi connectivity index (χ4n) is 2.94. The standard InChI is InChI=1S/C20H20N4O4/c1-3-24(4-2)19(26)12-9-10-15-14(11-12)17(18(25)21-15)23-22-16-8-6-5-7-13(16)20(27)28/h5-11,21,25H,3-4H2,1-2H3,(H,27,28). The molecule has 1 heterocycles. The number of nitrogens with one attached hydrogen (secondary N) is 1. The molecule has 0 fully saturated rings. The van der Waals surface area contributed by atoms with Crippen LogP contribution in [0.2, 0.25) is 0 Å². The Labute approximate surface area is 161 Å². The average Bonchev–Trinajstić information content (AvgIpc) is 3.01. The quantitative estimate of drug-likeness (QED) is 0.547. The van der Waals surface area contributed by atoms with Gasteiger partial charge in [0.05, 0.1) is 11.1 Å². The molecule has 0 radical (unpaired) electrons. The maximum atomic E-state index is 12.6. The Morgan fingerprint density at radius 1 is 1.07 bits per heavy atom. The first-order chi connectivity index (χ1) is 13.5. The minimum Gasteiger partial charge on any atom is -0.493 e. The summed E-state index contributed by atoms with van der Waals surface area (Å²) in [7, 11) is 0. The number of carbonyl (C=O) groups excluding carboxylic acids is 1. The predicted molar refractivity (Wildman–Crippen MR) is 105 cm³/mol. The van der Waals surface area contributed by atoms with E-state index in [-0.39, 0.29) is 28.7 Å². The number of amides is 1. The van der Waals surface area contributed by atoms with E-state index in [1.165, 1.54) is 12.1 Å². The zero-order valence-corrected chi connectivity index (χ0v) is 15.5. The number of carboxylic acids is 1. The van der Waals surface area contributed by atoms with Crippen molar-refractivity contribution in [3.8, 4) is 5.88 Å². The van der Waals surface area contributed by atoms with Crippen LogP contribution in [0.25, 0.3) is 10.9 Å². The number of aromatic carboxylic acids is 1. The van der Waals surface area contributed by atoms with E-state index in [2.05, 4.69) is 15.2 Å². The summed E-state index contributed by atoms with van der Waals surface area (Å²) in [6.45, 7) is 4.98. The second-order valence-corrected chi connectivity index (χ2v) is 6.08. The van der Waals surface area contributed by atoms with Gasteiger partial charge in [-0.2, -0.15) is 0 Å². The molecule has 8 heteroatoms. The molecule has 0 spiro atoms. The Morgan fingerprint density at radius 3 is 2.46 bits per heavy atom. The summed E-state index contributed by atoms with van der Waals surface area (Å²) in [6, 6.07) is 11.2. The zero-order valence-electron chi connectivity index (χ0n) is 15.5. The van der Waals surface area contributed by atoms with Crippen LogP contribution in [0.3, 0.4) is 0 Å². The predicted octanol–water partition coefficient (Wildman–Crippen LogP) is 4.47. The van der Waals surface area contributed by atoms with E-state index < -0.39 is 5.97 Å². The summed E-state index contributed by atoms with van der Waals surface area (Å²) < 4.78 is 0. The molecule has 0 aliphatic heterocycles. The Balaban J connectivity index is 2.04. The van der Waals surface area contributed by atoms with Crippen LogP contribution in [0.15, 0.2) is 52.7 Å². The van der Waals surface area contributed by atoms with Crippen LogP contribution in [-0.4, -0.2) is 45.1 Å². The van der Waals surface area contributed by atoms with E-state index in [0.29, 0.717) is 29.6 Å². The molecule has 0 unspecified atom stereocenters. The van der Waals surface area contributed by atoms with Gasteiger partial charge in [-0.15, -0.1) is 10.2 Å². The van der Waals surface area contributed by atoms with E-state index in [1.807, 2.05) is 13.8 Å². The van der Waals surface area contributed by atoms with Crippen LogP contribution < -0.4 is 0 Å². The van der Waals surface area contributed by atoms with Gasteiger partial charge < -0.3 is 20.1 Å². The van der Waals surface area contributed by atoms with Crippen molar-refractivity contribution in [3.05, 3.63) is 53.6 Å². The number of nitrogens with zero attached hydrogens (tertiary/aromatic N) is 3. The third-order valence-corrected chi connectivity index (χ3v) is 4.44. The van der Waals surface area contributed by atoms with Gasteiger partial charge in [-0.3, -0.25) is 4.79 Å². The largest absolute Gasteiger partial charge is 0.493 e. The van der Waals surface area contributed by atoms with Gasteiger partial charge in [-0.25, -0.2) is 4.79 Å². The van der Waals surface area contributed by atoms with Gasteiger partial charge in [-0.1, -0.05) is 12.1 Å². The minimum atomic E-state index is -1.12. The SMILES string of the molecule is CCN(CC)C(=O)c1ccc2[nH]c(O)c(N=Nc3ccccc3C(=O)O)c2c1. The van der Waals surface area contributed by atoms with Gasteiger partial charge in [0.15, 0.2) is 5.69 Å². The number of aromatic nitrogens is 1. The molecular weight excluding hydrogens is 360 g/mol. The second-order valence-electron chi connectivity index (χ2n) is 6.08. The van der Waals surface area contributed by atoms with Crippen LogP contribution in [0.1, 0.15) is 34.6 Å². The lowest BCUT2D eigenvalue weighted by molar-refractivity contribution is 0.0696. The number of carbonyl (C=O) groups is 2. The number of hydrogen-bond donors (Lipinski definition) is 3. The fourth-order valence-corrected chi connectivity index (χ4v) is 2.94. The van der Waals surface area contributed by atoms with Crippen LogP contribution in [0, 0.1) is 0 Å². The molecule has 0 aliphatic carbocycles. The molecule has 0 aliphatic rings. The highest BCUT2D eigenvalue weighted by molar-refractivity contribution is 6.02. The maximum absolute atomic E-state index is 12.6. The van der Waals surface area contributed by atoms with Crippen LogP contribution in [0.4, 0.5) is 11.4 Å². The van der Waals surface area contributed by atoms with E-state index in [0.717, 1.165) is 0 Å². The van der Waals surface area contributed by atoms with Gasteiger partial charge in [0, 0.05) is 24.0 Å². The third kappa shape index (κ3) is 3.57. The van der Waals surface area contributed by atoms with Crippen molar-refractivity contribution < 1.29 is 19.8 Å². The molecule has 3 aromatic rings. The Morgan fingerprint density at radius 2 is 1.79 bits per heavy atom. The summed E-state index contributed by atoms with van der Waals surface area (Å²) in [4.78, 5) is 28.4. The molecule has 144 valence electrons. The highest BCUT2D eigenvalue weighted by atomic mass is 16.4. The highest BCUT2D eigenvalue weighted by Crippen LogP contribution is 2.37. The molecule has 2 aromatic carbocycles. The molecule has 8 nitrogen and oxygen atoms in total. The molecule has 1 amide bonds. The summed E-state index contributed by atoms with van der Waals surface area (Å²) in [5.74, 6) is -1.45. The third-order valence-electron chi connectivity index (χ3n) is 4.44. The van der Waals surface area contributed by atoms with Gasteiger partial charge in [-0.05, 0) is 44.2 Å². The van der Waals surface area contributed by atoms with Crippen LogP contribution in [0.5, 0.6) is 5.88 Å². The molecule has 3 rings (SSSR count). The first-order valence-corrected chi connectivity index (χ1v) is 8.84. The van der Waals surface area contributed by atoms with Crippen LogP contribution in [-0.2, 0) is 0 Å². The van der Waals surface area contributed by atoms with Crippen molar-refractivity contribution in [2.24, 2.45) is 10.2 Å². The number of H-pyrrole nitrogens is 1. The fraction of sp³-hybridized carbons (Fsp3) is 0.200. The number of rotatable bonds is 6. The molecule has 1 aromatic heterocycles. The minimum absolute atomic E-state index is 0.00276. The summed E-state index contributed by atoms with van der Waals surface area (Å²) in [5.41, 5.74) is 1.37. The monoisotopic (exact) mass is 380 g/mol. The van der Waals surface area contributed by atoms with Gasteiger partial charge >= 0.3 is 5.97 Å². The molecule has 3 N–H and O–H groups in total. The van der Waals surface area contributed by atoms with Crippen molar-refractivity contribution in [1.82, 2.24) is 9.88 Å². The van der Waals surface area contributed by atoms with Crippen molar-refractivity contribution >= 4 is 34.2 Å². The van der Waals surface area contributed by atoms with E-state index in [9.17, 15) is 19.8 Å². The lowest BCUT2D eigenvalue weighted by Gasteiger charge is -2.18. The Bertz CT molecular complexity index is 1070. The Hall–Kier alpha value is -3.68. The lowest BCUT2D eigenvalue weighted by atomic mass is 10.1. The van der Waals surface area contributed by atoms with Gasteiger partial charge in [0.1, 0.15) is 5.69 Å². The molecule has 0 bridgehead atoms. The van der Waals surface area contributed by atoms with Crippen molar-refractivity contribution in [3.63, 3.8) is 0 Å². The maximum Gasteiger partial charge on any atom is 0.337 e. The summed E-state index contributed by atoms with van der Waals surface area (Å²) in [6.07, 6.45) is 0. The number of azo groups is 1. The molecule has 28 heavy (non-hydrogen) atoms. The number of benzene rings is 2. The van der Waals surface area contributed by atoms with Crippen molar-refractivity contribution in [1.29, 1.82) is 0 Å². The van der Waals surface area contributed by atoms with Crippen molar-refractivity contribution in [2.75, 3.05) is 13.1 Å². The lowest BCUT2D eigenvalue weighted by Crippen LogP contribution is -2.30. The highest BCUT2D eigenvalue weighted by Gasteiger charge is 2.17. The van der Waals surface area contributed by atoms with E-state index in [1.54, 1.807) is 35.2 Å². The van der Waals surface area contributed by atoms with E-state index >= 15 is 0 Å². The topological polar surface area (TPSA) is 118 Å². The van der Waals surface area contributed by atoms with Gasteiger partial charge in [0.2, 0.25) is 5.88 Å². The summed E-state index contributed by atoms with van der Waals surface area (Å²) in [5, 5.41) is 28.0. The Kier molecular flexibility index (Phi) is 5.39. The zero-order chi connectivity index (χ0) is 20.3. The normalized spacial score (nSPS) is 11.2. The molecular formula is C20H20N4O4. The van der Waals surface area contributed by atoms with Gasteiger partial charge in [0.25, 0.3) is 5.91 Å². The molecule has 0 atom stereocenters. The molecule has 0 saturated heterocycles. The number of carboxylic acid groups (broad SMARTS) is 1. The number of hydrogen-bond acceptors (Lipinski definition) is 5. The van der Waals surface area contributed by atoms with Crippen LogP contribution >= 0.6 is 0 Å². The van der Waals surface area contributed by atoms with E-state index in [4.69, 9.17) is 0 Å².